The molecule has 3 amide bonds. The lowest BCUT2D eigenvalue weighted by atomic mass is 10.1. The number of benzene rings is 2. The van der Waals surface area contributed by atoms with E-state index < -0.39 is 0 Å². The third-order valence-corrected chi connectivity index (χ3v) is 4.46. The van der Waals surface area contributed by atoms with Crippen molar-refractivity contribution in [3.8, 4) is 11.5 Å². The molecule has 1 aliphatic heterocycles. The zero-order valence-electron chi connectivity index (χ0n) is 15.9. The number of ether oxygens (including phenoxy) is 2. The molecule has 1 aliphatic rings. The first-order valence-corrected chi connectivity index (χ1v) is 9.47. The number of hydrogen-bond acceptors (Lipinski definition) is 4. The minimum atomic E-state index is -0.294. The molecule has 0 bridgehead atoms. The van der Waals surface area contributed by atoms with Gasteiger partial charge in [-0.2, -0.15) is 0 Å². The number of carbonyl (C=O) groups is 2. The molecule has 7 heteroatoms. The van der Waals surface area contributed by atoms with E-state index in [9.17, 15) is 9.59 Å². The maximum Gasteiger partial charge on any atom is 0.409 e. The normalized spacial score (nSPS) is 14.2. The van der Waals surface area contributed by atoms with E-state index in [4.69, 9.17) is 9.47 Å². The number of nitrogens with one attached hydrogen (secondary N) is 2. The van der Waals surface area contributed by atoms with Gasteiger partial charge in [-0.1, -0.05) is 30.3 Å². The summed E-state index contributed by atoms with van der Waals surface area (Å²) in [5, 5.41) is 5.82. The van der Waals surface area contributed by atoms with Gasteiger partial charge in [0.2, 0.25) is 0 Å². The fourth-order valence-electron chi connectivity index (χ4n) is 3.04. The molecule has 0 unspecified atom stereocenters. The van der Waals surface area contributed by atoms with Gasteiger partial charge in [-0.3, -0.25) is 0 Å². The van der Waals surface area contributed by atoms with Crippen LogP contribution >= 0.6 is 0 Å². The highest BCUT2D eigenvalue weighted by molar-refractivity contribution is 5.91. The number of amides is 3. The van der Waals surface area contributed by atoms with Crippen molar-refractivity contribution in [1.29, 1.82) is 0 Å². The molecule has 0 aliphatic carbocycles. The van der Waals surface area contributed by atoms with Crippen LogP contribution in [0.15, 0.2) is 54.6 Å². The number of likely N-dealkylation sites (tertiary alicyclic amines) is 1. The summed E-state index contributed by atoms with van der Waals surface area (Å²) in [6.45, 7) is 3.29. The van der Waals surface area contributed by atoms with Crippen LogP contribution in [0.25, 0.3) is 0 Å². The Balaban J connectivity index is 1.52. The molecule has 2 aromatic carbocycles. The number of carbonyl (C=O) groups excluding carboxylic acids is 2. The Morgan fingerprint density at radius 3 is 2.43 bits per heavy atom. The van der Waals surface area contributed by atoms with Crippen molar-refractivity contribution in [2.45, 2.75) is 25.8 Å². The molecule has 3 rings (SSSR count). The number of piperidine rings is 1. The van der Waals surface area contributed by atoms with Gasteiger partial charge in [0.05, 0.1) is 12.3 Å². The van der Waals surface area contributed by atoms with Crippen LogP contribution in [0.3, 0.4) is 0 Å². The fraction of sp³-hybridized carbons (Fsp3) is 0.333. The molecule has 0 aromatic heterocycles. The molecule has 28 heavy (non-hydrogen) atoms. The summed E-state index contributed by atoms with van der Waals surface area (Å²) in [4.78, 5) is 25.8. The fourth-order valence-corrected chi connectivity index (χ4v) is 3.04. The van der Waals surface area contributed by atoms with Crippen LogP contribution < -0.4 is 15.4 Å². The van der Waals surface area contributed by atoms with Crippen LogP contribution in [0.5, 0.6) is 11.5 Å². The quantitative estimate of drug-likeness (QED) is 0.810. The van der Waals surface area contributed by atoms with Crippen molar-refractivity contribution in [2.24, 2.45) is 0 Å². The van der Waals surface area contributed by atoms with Gasteiger partial charge in [0, 0.05) is 19.1 Å². The average molecular weight is 383 g/mol. The molecule has 1 fully saturated rings. The van der Waals surface area contributed by atoms with Crippen molar-refractivity contribution in [1.82, 2.24) is 10.2 Å². The first-order chi connectivity index (χ1) is 13.7. The number of nitrogens with zero attached hydrogens (tertiary/aromatic N) is 1. The van der Waals surface area contributed by atoms with E-state index in [0.717, 1.165) is 0 Å². The summed E-state index contributed by atoms with van der Waals surface area (Å²) < 4.78 is 10.9. The smallest absolute Gasteiger partial charge is 0.409 e. The van der Waals surface area contributed by atoms with Crippen LogP contribution in [-0.2, 0) is 4.74 Å². The highest BCUT2D eigenvalue weighted by Crippen LogP contribution is 2.29. The summed E-state index contributed by atoms with van der Waals surface area (Å²) in [6.07, 6.45) is 1.08. The summed E-state index contributed by atoms with van der Waals surface area (Å²) in [6, 6.07) is 16.4. The summed E-state index contributed by atoms with van der Waals surface area (Å²) in [5.41, 5.74) is 0.591. The van der Waals surface area contributed by atoms with Gasteiger partial charge in [-0.15, -0.1) is 0 Å². The molecule has 1 heterocycles. The van der Waals surface area contributed by atoms with E-state index >= 15 is 0 Å². The lowest BCUT2D eigenvalue weighted by molar-refractivity contribution is 0.0959. The number of rotatable bonds is 5. The molecule has 148 valence electrons. The Hall–Kier alpha value is -3.22. The molecule has 2 aromatic rings. The molecule has 7 nitrogen and oxygen atoms in total. The second-order valence-corrected chi connectivity index (χ2v) is 6.47. The SMILES string of the molecule is CCOC(=O)N1CCC(NC(=O)Nc2ccccc2Oc2ccccc2)CC1. The highest BCUT2D eigenvalue weighted by atomic mass is 16.6. The van der Waals surface area contributed by atoms with Crippen LogP contribution in [0.2, 0.25) is 0 Å². The summed E-state index contributed by atoms with van der Waals surface area (Å²) >= 11 is 0. The van der Waals surface area contributed by atoms with Gasteiger partial charge in [-0.05, 0) is 44.0 Å². The van der Waals surface area contributed by atoms with Crippen LogP contribution in [0.4, 0.5) is 15.3 Å². The van der Waals surface area contributed by atoms with Gasteiger partial charge < -0.3 is 25.0 Å². The molecule has 0 radical (unpaired) electrons. The van der Waals surface area contributed by atoms with Gasteiger partial charge in [-0.25, -0.2) is 9.59 Å². The number of hydrogen-bond donors (Lipinski definition) is 2. The van der Waals surface area contributed by atoms with E-state index in [1.807, 2.05) is 42.5 Å². The Bertz CT molecular complexity index is 789. The van der Waals surface area contributed by atoms with E-state index in [-0.39, 0.29) is 18.2 Å². The van der Waals surface area contributed by atoms with E-state index in [2.05, 4.69) is 10.6 Å². The maximum absolute atomic E-state index is 12.4. The van der Waals surface area contributed by atoms with Crippen molar-refractivity contribution in [3.05, 3.63) is 54.6 Å². The minimum absolute atomic E-state index is 0.00730. The Morgan fingerprint density at radius 2 is 1.71 bits per heavy atom. The molecule has 2 N–H and O–H groups in total. The molecular weight excluding hydrogens is 358 g/mol. The van der Waals surface area contributed by atoms with Crippen LogP contribution in [0.1, 0.15) is 19.8 Å². The predicted molar refractivity (Wildman–Crippen MR) is 107 cm³/mol. The Labute approximate surface area is 164 Å². The third-order valence-electron chi connectivity index (χ3n) is 4.46. The molecule has 1 saturated heterocycles. The standard InChI is InChI=1S/C21H25N3O4/c1-2-27-21(26)24-14-12-16(13-15-24)22-20(25)23-18-10-6-7-11-19(18)28-17-8-4-3-5-9-17/h3-11,16H,2,12-15H2,1H3,(H2,22,23,25). The zero-order valence-corrected chi connectivity index (χ0v) is 15.9. The number of anilines is 1. The van der Waals surface area contributed by atoms with E-state index in [1.165, 1.54) is 0 Å². The average Bonchev–Trinajstić information content (AvgIpc) is 2.71. The predicted octanol–water partition coefficient (Wildman–Crippen LogP) is 4.22. The van der Waals surface area contributed by atoms with Crippen molar-refractivity contribution in [3.63, 3.8) is 0 Å². The van der Waals surface area contributed by atoms with Crippen LogP contribution in [-0.4, -0.2) is 42.8 Å². The maximum atomic E-state index is 12.4. The van der Waals surface area contributed by atoms with Gasteiger partial charge in [0.25, 0.3) is 0 Å². The highest BCUT2D eigenvalue weighted by Gasteiger charge is 2.24. The summed E-state index contributed by atoms with van der Waals surface area (Å²) in [5.74, 6) is 1.27. The monoisotopic (exact) mass is 383 g/mol. The topological polar surface area (TPSA) is 79.9 Å². The number of para-hydroxylation sites is 3. The molecule has 0 spiro atoms. The minimum Gasteiger partial charge on any atom is -0.455 e. The van der Waals surface area contributed by atoms with Crippen molar-refractivity contribution >= 4 is 17.8 Å². The first kappa shape index (κ1) is 19.5. The Morgan fingerprint density at radius 1 is 1.04 bits per heavy atom. The zero-order chi connectivity index (χ0) is 19.8. The first-order valence-electron chi connectivity index (χ1n) is 9.47. The number of urea groups is 1. The molecule has 0 saturated carbocycles. The van der Waals surface area contributed by atoms with Crippen molar-refractivity contribution in [2.75, 3.05) is 25.0 Å². The molecular formula is C21H25N3O4. The van der Waals surface area contributed by atoms with Crippen LogP contribution in [0, 0.1) is 0 Å². The van der Waals surface area contributed by atoms with Gasteiger partial charge >= 0.3 is 12.1 Å². The third kappa shape index (κ3) is 5.39. The molecule has 0 atom stereocenters. The van der Waals surface area contributed by atoms with Crippen molar-refractivity contribution < 1.29 is 19.1 Å². The summed E-state index contributed by atoms with van der Waals surface area (Å²) in [7, 11) is 0. The van der Waals surface area contributed by atoms with Gasteiger partial charge in [0.15, 0.2) is 5.75 Å². The second kappa shape index (κ2) is 9.64. The van der Waals surface area contributed by atoms with E-state index in [0.29, 0.717) is 49.7 Å². The lowest BCUT2D eigenvalue weighted by Gasteiger charge is -2.31. The van der Waals surface area contributed by atoms with E-state index in [1.54, 1.807) is 24.0 Å². The van der Waals surface area contributed by atoms with Gasteiger partial charge in [0.1, 0.15) is 5.75 Å². The second-order valence-electron chi connectivity index (χ2n) is 6.47. The lowest BCUT2D eigenvalue weighted by Crippen LogP contribution is -2.47. The Kier molecular flexibility index (Phi) is 6.73. The largest absolute Gasteiger partial charge is 0.455 e.